The number of carbonyl (C=O) groups excluding carboxylic acids is 4. The van der Waals surface area contributed by atoms with Crippen molar-refractivity contribution in [2.24, 2.45) is 0 Å². The predicted molar refractivity (Wildman–Crippen MR) is 70.8 cm³/mol. The summed E-state index contributed by atoms with van der Waals surface area (Å²) in [6, 6.07) is 4.07. The van der Waals surface area contributed by atoms with E-state index in [1.54, 1.807) is 0 Å². The number of benzene rings is 1. The molecular formula is C14H13NO6. The van der Waals surface area contributed by atoms with Gasteiger partial charge in [-0.2, -0.15) is 0 Å². The van der Waals surface area contributed by atoms with Gasteiger partial charge in [0.15, 0.2) is 0 Å². The van der Waals surface area contributed by atoms with Crippen molar-refractivity contribution in [1.82, 2.24) is 0 Å². The van der Waals surface area contributed by atoms with Crippen molar-refractivity contribution in [1.29, 1.82) is 0 Å². The Balaban J connectivity index is 2.43. The minimum atomic E-state index is -0.569. The Morgan fingerprint density at radius 1 is 0.905 bits per heavy atom. The lowest BCUT2D eigenvalue weighted by molar-refractivity contribution is -0.132. The van der Waals surface area contributed by atoms with E-state index in [0.29, 0.717) is 0 Å². The topological polar surface area (TPSA) is 90.0 Å². The van der Waals surface area contributed by atoms with Gasteiger partial charge >= 0.3 is 11.9 Å². The normalized spacial score (nSPS) is 14.3. The van der Waals surface area contributed by atoms with Crippen LogP contribution in [-0.2, 0) is 19.2 Å². The van der Waals surface area contributed by atoms with Crippen LogP contribution in [0.2, 0.25) is 0 Å². The first-order valence-corrected chi connectivity index (χ1v) is 6.24. The van der Waals surface area contributed by atoms with Gasteiger partial charge < -0.3 is 9.47 Å². The third-order valence-corrected chi connectivity index (χ3v) is 2.70. The van der Waals surface area contributed by atoms with E-state index in [0.717, 1.165) is 4.90 Å². The molecule has 7 heteroatoms. The number of anilines is 1. The molecule has 0 bridgehead atoms. The van der Waals surface area contributed by atoms with Crippen LogP contribution in [0.15, 0.2) is 18.2 Å². The predicted octanol–water partition coefficient (Wildman–Crippen LogP) is 1.19. The quantitative estimate of drug-likeness (QED) is 0.472. The van der Waals surface area contributed by atoms with E-state index in [1.807, 2.05) is 0 Å². The standard InChI is InChI=1S/C14H13NO6/c1-8(16)20-11-5-10(6-12(7-11)21-9(2)17)15-13(18)3-4-14(15)19/h5-7H,3-4H2,1-2H3. The van der Waals surface area contributed by atoms with E-state index < -0.39 is 11.9 Å². The summed E-state index contributed by atoms with van der Waals surface area (Å²) in [6.45, 7) is 2.43. The number of esters is 2. The summed E-state index contributed by atoms with van der Waals surface area (Å²) < 4.78 is 9.86. The van der Waals surface area contributed by atoms with Crippen molar-refractivity contribution in [2.75, 3.05) is 4.90 Å². The number of ether oxygens (including phenoxy) is 2. The maximum Gasteiger partial charge on any atom is 0.308 e. The fourth-order valence-electron chi connectivity index (χ4n) is 2.00. The Morgan fingerprint density at radius 2 is 1.33 bits per heavy atom. The molecule has 0 aromatic heterocycles. The molecule has 0 saturated carbocycles. The number of rotatable bonds is 3. The van der Waals surface area contributed by atoms with Gasteiger partial charge in [0.05, 0.1) is 5.69 Å². The second-order valence-electron chi connectivity index (χ2n) is 4.47. The van der Waals surface area contributed by atoms with Crippen LogP contribution < -0.4 is 14.4 Å². The van der Waals surface area contributed by atoms with Crippen LogP contribution in [0.3, 0.4) is 0 Å². The molecule has 1 saturated heterocycles. The smallest absolute Gasteiger partial charge is 0.308 e. The fraction of sp³-hybridized carbons (Fsp3) is 0.286. The summed E-state index contributed by atoms with van der Waals surface area (Å²) in [7, 11) is 0. The van der Waals surface area contributed by atoms with Crippen LogP contribution in [0.4, 0.5) is 5.69 Å². The minimum absolute atomic E-state index is 0.0868. The monoisotopic (exact) mass is 291 g/mol. The van der Waals surface area contributed by atoms with Gasteiger partial charge in [-0.1, -0.05) is 0 Å². The van der Waals surface area contributed by atoms with Crippen molar-refractivity contribution in [3.05, 3.63) is 18.2 Å². The third-order valence-electron chi connectivity index (χ3n) is 2.70. The zero-order chi connectivity index (χ0) is 15.6. The van der Waals surface area contributed by atoms with E-state index in [2.05, 4.69) is 0 Å². The summed E-state index contributed by atoms with van der Waals surface area (Å²) in [4.78, 5) is 46.5. The first-order valence-electron chi connectivity index (χ1n) is 6.24. The number of carbonyl (C=O) groups is 4. The van der Waals surface area contributed by atoms with Crippen LogP contribution in [0.5, 0.6) is 11.5 Å². The molecule has 0 N–H and O–H groups in total. The van der Waals surface area contributed by atoms with E-state index in [1.165, 1.54) is 32.0 Å². The lowest BCUT2D eigenvalue weighted by Gasteiger charge is -2.16. The molecule has 21 heavy (non-hydrogen) atoms. The van der Waals surface area contributed by atoms with Crippen LogP contribution in [0.25, 0.3) is 0 Å². The zero-order valence-corrected chi connectivity index (χ0v) is 11.5. The highest BCUT2D eigenvalue weighted by Gasteiger charge is 2.31. The lowest BCUT2D eigenvalue weighted by atomic mass is 10.2. The van der Waals surface area contributed by atoms with E-state index in [4.69, 9.17) is 9.47 Å². The van der Waals surface area contributed by atoms with Gasteiger partial charge in [0, 0.05) is 44.9 Å². The molecule has 0 atom stereocenters. The van der Waals surface area contributed by atoms with Crippen molar-refractivity contribution < 1.29 is 28.7 Å². The van der Waals surface area contributed by atoms with Crippen LogP contribution >= 0.6 is 0 Å². The lowest BCUT2D eigenvalue weighted by Crippen LogP contribution is -2.28. The van der Waals surface area contributed by atoms with Gasteiger partial charge in [0.25, 0.3) is 0 Å². The van der Waals surface area contributed by atoms with Gasteiger partial charge in [-0.05, 0) is 0 Å². The molecule has 1 fully saturated rings. The highest BCUT2D eigenvalue weighted by molar-refractivity contribution is 6.20. The van der Waals surface area contributed by atoms with Gasteiger partial charge in [0.2, 0.25) is 11.8 Å². The molecule has 1 aromatic rings. The molecule has 1 heterocycles. The number of imide groups is 1. The first-order chi connectivity index (χ1) is 9.86. The van der Waals surface area contributed by atoms with Gasteiger partial charge in [-0.25, -0.2) is 0 Å². The molecule has 1 aromatic carbocycles. The average molecular weight is 291 g/mol. The Kier molecular flexibility index (Phi) is 4.02. The molecule has 2 amide bonds. The summed E-state index contributed by atoms with van der Waals surface area (Å²) in [5.41, 5.74) is 0.206. The highest BCUT2D eigenvalue weighted by Crippen LogP contribution is 2.31. The number of amides is 2. The fourth-order valence-corrected chi connectivity index (χ4v) is 2.00. The number of nitrogens with zero attached hydrogens (tertiary/aromatic N) is 1. The van der Waals surface area contributed by atoms with Crippen molar-refractivity contribution >= 4 is 29.4 Å². The van der Waals surface area contributed by atoms with Crippen LogP contribution in [0, 0.1) is 0 Å². The molecule has 0 aliphatic carbocycles. The van der Waals surface area contributed by atoms with Crippen LogP contribution in [0.1, 0.15) is 26.7 Å². The van der Waals surface area contributed by atoms with Crippen LogP contribution in [-0.4, -0.2) is 23.8 Å². The molecular weight excluding hydrogens is 278 g/mol. The summed E-state index contributed by atoms with van der Waals surface area (Å²) in [6.07, 6.45) is 0.249. The molecule has 7 nitrogen and oxygen atoms in total. The number of hydrogen-bond donors (Lipinski definition) is 0. The molecule has 0 radical (unpaired) electrons. The Labute approximate surface area is 120 Å². The zero-order valence-electron chi connectivity index (χ0n) is 11.5. The van der Waals surface area contributed by atoms with Crippen molar-refractivity contribution in [3.8, 4) is 11.5 Å². The van der Waals surface area contributed by atoms with Gasteiger partial charge in [-0.15, -0.1) is 0 Å². The second kappa shape index (κ2) is 5.74. The maximum absolute atomic E-state index is 11.7. The molecule has 2 rings (SSSR count). The average Bonchev–Trinajstić information content (AvgIpc) is 2.66. The molecule has 0 unspecified atom stereocenters. The van der Waals surface area contributed by atoms with Crippen molar-refractivity contribution in [2.45, 2.75) is 26.7 Å². The molecule has 1 aliphatic rings. The SMILES string of the molecule is CC(=O)Oc1cc(OC(C)=O)cc(N2C(=O)CCC2=O)c1. The highest BCUT2D eigenvalue weighted by atomic mass is 16.5. The third kappa shape index (κ3) is 3.44. The summed E-state index contributed by atoms with van der Waals surface area (Å²) in [5.74, 6) is -1.67. The van der Waals surface area contributed by atoms with E-state index >= 15 is 0 Å². The summed E-state index contributed by atoms with van der Waals surface area (Å²) in [5, 5.41) is 0. The Morgan fingerprint density at radius 3 is 1.71 bits per heavy atom. The minimum Gasteiger partial charge on any atom is -0.427 e. The number of hydrogen-bond acceptors (Lipinski definition) is 6. The van der Waals surface area contributed by atoms with E-state index in [9.17, 15) is 19.2 Å². The second-order valence-corrected chi connectivity index (χ2v) is 4.47. The Bertz CT molecular complexity index is 586. The molecule has 110 valence electrons. The first kappa shape index (κ1) is 14.7. The van der Waals surface area contributed by atoms with Gasteiger partial charge in [0.1, 0.15) is 11.5 Å². The van der Waals surface area contributed by atoms with Gasteiger partial charge in [-0.3, -0.25) is 24.1 Å². The molecule has 1 aliphatic heterocycles. The summed E-state index contributed by atoms with van der Waals surface area (Å²) >= 11 is 0. The Hall–Kier alpha value is -2.70. The largest absolute Gasteiger partial charge is 0.427 e. The van der Waals surface area contributed by atoms with E-state index in [-0.39, 0.29) is 41.8 Å². The van der Waals surface area contributed by atoms with Crippen molar-refractivity contribution in [3.63, 3.8) is 0 Å². The maximum atomic E-state index is 11.7. The molecule has 0 spiro atoms.